The molecule has 0 aliphatic rings. The molecule has 1 aromatic rings. The van der Waals surface area contributed by atoms with E-state index >= 15 is 0 Å². The molecule has 0 radical (unpaired) electrons. The van der Waals surface area contributed by atoms with E-state index in [1.54, 1.807) is 11.9 Å². The van der Waals surface area contributed by atoms with E-state index in [1.807, 2.05) is 13.8 Å². The third-order valence-corrected chi connectivity index (χ3v) is 3.09. The van der Waals surface area contributed by atoms with Crippen LogP contribution in [0.4, 0.5) is 5.69 Å². The van der Waals surface area contributed by atoms with Crippen molar-refractivity contribution in [3.05, 3.63) is 22.2 Å². The standard InChI is InChI=1S/C12H16Cl2N2O2/c1-7(2)16(3)11(17)6-18-12-9(13)4-8(15)5-10(12)14/h4-5,7H,6,15H2,1-3H3. The molecule has 6 heteroatoms. The second-order valence-corrected chi connectivity index (χ2v) is 5.02. The maximum Gasteiger partial charge on any atom is 0.260 e. The summed E-state index contributed by atoms with van der Waals surface area (Å²) in [6.45, 7) is 3.72. The zero-order valence-corrected chi connectivity index (χ0v) is 12.0. The number of benzene rings is 1. The second kappa shape index (κ2) is 6.16. The summed E-state index contributed by atoms with van der Waals surface area (Å²) in [5.41, 5.74) is 6.02. The van der Waals surface area contributed by atoms with Crippen molar-refractivity contribution in [1.29, 1.82) is 0 Å². The lowest BCUT2D eigenvalue weighted by Crippen LogP contribution is -2.36. The van der Waals surface area contributed by atoms with Crippen LogP contribution in [0.2, 0.25) is 10.0 Å². The van der Waals surface area contributed by atoms with Crippen molar-refractivity contribution in [2.75, 3.05) is 19.4 Å². The number of nitrogen functional groups attached to an aromatic ring is 1. The predicted molar refractivity (Wildman–Crippen MR) is 74.3 cm³/mol. The average Bonchev–Trinajstić information content (AvgIpc) is 2.25. The van der Waals surface area contributed by atoms with Crippen LogP contribution in [-0.4, -0.2) is 30.5 Å². The van der Waals surface area contributed by atoms with Gasteiger partial charge in [-0.15, -0.1) is 0 Å². The molecule has 0 saturated carbocycles. The maximum atomic E-state index is 11.7. The number of halogens is 2. The first-order chi connectivity index (χ1) is 8.32. The number of ether oxygens (including phenoxy) is 1. The van der Waals surface area contributed by atoms with E-state index in [1.165, 1.54) is 12.1 Å². The maximum absolute atomic E-state index is 11.7. The molecule has 1 aromatic carbocycles. The molecule has 0 saturated heterocycles. The normalized spacial score (nSPS) is 10.6. The number of rotatable bonds is 4. The zero-order valence-electron chi connectivity index (χ0n) is 10.5. The van der Waals surface area contributed by atoms with E-state index in [4.69, 9.17) is 33.7 Å². The van der Waals surface area contributed by atoms with Crippen molar-refractivity contribution in [1.82, 2.24) is 4.90 Å². The fourth-order valence-electron chi connectivity index (χ4n) is 1.24. The first-order valence-corrected chi connectivity index (χ1v) is 6.21. The zero-order chi connectivity index (χ0) is 13.9. The lowest BCUT2D eigenvalue weighted by atomic mass is 10.3. The minimum atomic E-state index is -0.144. The van der Waals surface area contributed by atoms with Gasteiger partial charge in [-0.1, -0.05) is 23.2 Å². The van der Waals surface area contributed by atoms with Crippen molar-refractivity contribution in [3.8, 4) is 5.75 Å². The van der Waals surface area contributed by atoms with Gasteiger partial charge in [0.2, 0.25) is 0 Å². The topological polar surface area (TPSA) is 55.6 Å². The van der Waals surface area contributed by atoms with E-state index in [-0.39, 0.29) is 24.3 Å². The van der Waals surface area contributed by atoms with Crippen LogP contribution in [0.3, 0.4) is 0 Å². The molecule has 0 spiro atoms. The number of carbonyl (C=O) groups is 1. The summed E-state index contributed by atoms with van der Waals surface area (Å²) >= 11 is 11.9. The SMILES string of the molecule is CC(C)N(C)C(=O)COc1c(Cl)cc(N)cc1Cl. The molecule has 18 heavy (non-hydrogen) atoms. The number of hydrogen-bond donors (Lipinski definition) is 1. The summed E-state index contributed by atoms with van der Waals surface area (Å²) in [7, 11) is 1.71. The molecule has 1 rings (SSSR count). The number of anilines is 1. The molecule has 0 fully saturated rings. The van der Waals surface area contributed by atoms with Gasteiger partial charge in [0, 0.05) is 18.8 Å². The molecule has 0 heterocycles. The van der Waals surface area contributed by atoms with Crippen LogP contribution in [0.5, 0.6) is 5.75 Å². The van der Waals surface area contributed by atoms with Crippen LogP contribution in [0.25, 0.3) is 0 Å². The monoisotopic (exact) mass is 290 g/mol. The van der Waals surface area contributed by atoms with Gasteiger partial charge >= 0.3 is 0 Å². The Balaban J connectivity index is 2.73. The highest BCUT2D eigenvalue weighted by molar-refractivity contribution is 6.37. The van der Waals surface area contributed by atoms with E-state index in [2.05, 4.69) is 0 Å². The Hall–Kier alpha value is -1.13. The third-order valence-electron chi connectivity index (χ3n) is 2.53. The number of hydrogen-bond acceptors (Lipinski definition) is 3. The van der Waals surface area contributed by atoms with Crippen LogP contribution in [0.15, 0.2) is 12.1 Å². The fourth-order valence-corrected chi connectivity index (χ4v) is 1.85. The van der Waals surface area contributed by atoms with Gasteiger partial charge in [-0.05, 0) is 26.0 Å². The molecule has 2 N–H and O–H groups in total. The van der Waals surface area contributed by atoms with E-state index in [9.17, 15) is 4.79 Å². The minimum absolute atomic E-state index is 0.110. The Morgan fingerprint density at radius 1 is 1.39 bits per heavy atom. The van der Waals surface area contributed by atoms with Crippen LogP contribution in [0.1, 0.15) is 13.8 Å². The summed E-state index contributed by atoms with van der Waals surface area (Å²) in [5, 5.41) is 0.583. The summed E-state index contributed by atoms with van der Waals surface area (Å²) in [6, 6.07) is 3.16. The molecule has 0 unspecified atom stereocenters. The van der Waals surface area contributed by atoms with Gasteiger partial charge < -0.3 is 15.4 Å². The summed E-state index contributed by atoms with van der Waals surface area (Å²) in [6.07, 6.45) is 0. The van der Waals surface area contributed by atoms with Crippen molar-refractivity contribution in [2.45, 2.75) is 19.9 Å². The largest absolute Gasteiger partial charge is 0.481 e. The van der Waals surface area contributed by atoms with E-state index < -0.39 is 0 Å². The molecule has 100 valence electrons. The highest BCUT2D eigenvalue weighted by Gasteiger charge is 2.15. The Labute approximate surface area is 117 Å². The summed E-state index contributed by atoms with van der Waals surface area (Å²) in [5.74, 6) is 0.131. The molecule has 0 atom stereocenters. The molecule has 0 bridgehead atoms. The molecule has 1 amide bonds. The smallest absolute Gasteiger partial charge is 0.260 e. The second-order valence-electron chi connectivity index (χ2n) is 4.20. The third kappa shape index (κ3) is 3.68. The van der Waals surface area contributed by atoms with Gasteiger partial charge in [-0.3, -0.25) is 4.79 Å². The lowest BCUT2D eigenvalue weighted by Gasteiger charge is -2.21. The summed E-state index contributed by atoms with van der Waals surface area (Å²) < 4.78 is 5.34. The first kappa shape index (κ1) is 14.9. The van der Waals surface area contributed by atoms with Crippen molar-refractivity contribution in [2.24, 2.45) is 0 Å². The molecule has 4 nitrogen and oxygen atoms in total. The van der Waals surface area contributed by atoms with E-state index in [0.29, 0.717) is 15.7 Å². The molecular weight excluding hydrogens is 275 g/mol. The van der Waals surface area contributed by atoms with Crippen LogP contribution in [0, 0.1) is 0 Å². The van der Waals surface area contributed by atoms with Gasteiger partial charge in [0.25, 0.3) is 5.91 Å². The van der Waals surface area contributed by atoms with Gasteiger partial charge in [0.1, 0.15) is 0 Å². The molecular formula is C12H16Cl2N2O2. The van der Waals surface area contributed by atoms with Crippen molar-refractivity contribution >= 4 is 34.8 Å². The van der Waals surface area contributed by atoms with Crippen LogP contribution in [-0.2, 0) is 4.79 Å². The minimum Gasteiger partial charge on any atom is -0.481 e. The molecule has 0 aromatic heterocycles. The molecule has 0 aliphatic carbocycles. The number of carbonyl (C=O) groups excluding carboxylic acids is 1. The number of nitrogens with zero attached hydrogens (tertiary/aromatic N) is 1. The lowest BCUT2D eigenvalue weighted by molar-refractivity contribution is -0.133. The number of likely N-dealkylation sites (N-methyl/N-ethyl adjacent to an activating group) is 1. The Morgan fingerprint density at radius 3 is 2.33 bits per heavy atom. The highest BCUT2D eigenvalue weighted by atomic mass is 35.5. The Morgan fingerprint density at radius 2 is 1.89 bits per heavy atom. The van der Waals surface area contributed by atoms with Crippen LogP contribution >= 0.6 is 23.2 Å². The molecule has 0 aliphatic heterocycles. The highest BCUT2D eigenvalue weighted by Crippen LogP contribution is 2.35. The van der Waals surface area contributed by atoms with E-state index in [0.717, 1.165) is 0 Å². The van der Waals surface area contributed by atoms with Gasteiger partial charge in [0.05, 0.1) is 10.0 Å². The number of amides is 1. The quantitative estimate of drug-likeness (QED) is 0.868. The van der Waals surface area contributed by atoms with Gasteiger partial charge in [-0.2, -0.15) is 0 Å². The average molecular weight is 291 g/mol. The predicted octanol–water partition coefficient (Wildman–Crippen LogP) is 2.82. The Bertz CT molecular complexity index is 427. The van der Waals surface area contributed by atoms with Crippen molar-refractivity contribution in [3.63, 3.8) is 0 Å². The number of nitrogens with two attached hydrogens (primary N) is 1. The summed E-state index contributed by atoms with van der Waals surface area (Å²) in [4.78, 5) is 13.3. The van der Waals surface area contributed by atoms with Crippen LogP contribution < -0.4 is 10.5 Å². The van der Waals surface area contributed by atoms with Gasteiger partial charge in [0.15, 0.2) is 12.4 Å². The first-order valence-electron chi connectivity index (χ1n) is 5.46. The van der Waals surface area contributed by atoms with Crippen molar-refractivity contribution < 1.29 is 9.53 Å². The Kier molecular flexibility index (Phi) is 5.11. The fraction of sp³-hybridized carbons (Fsp3) is 0.417. The van der Waals surface area contributed by atoms with Gasteiger partial charge in [-0.25, -0.2) is 0 Å².